The van der Waals surface area contributed by atoms with Crippen molar-refractivity contribution in [2.24, 2.45) is 18.4 Å². The van der Waals surface area contributed by atoms with Gasteiger partial charge in [-0.15, -0.1) is 0 Å². The molecule has 1 nitrogen and oxygen atoms in total. The van der Waals surface area contributed by atoms with E-state index in [9.17, 15) is 0 Å². The molecule has 6 rings (SSSR count). The summed E-state index contributed by atoms with van der Waals surface area (Å²) in [5.41, 5.74) is 8.94. The summed E-state index contributed by atoms with van der Waals surface area (Å²) >= 11 is 2.01. The van der Waals surface area contributed by atoms with Crippen LogP contribution in [0.1, 0.15) is 77.6 Å². The van der Waals surface area contributed by atoms with E-state index in [1.165, 1.54) is 75.6 Å². The minimum absolute atomic E-state index is 0.0708. The molecule has 2 heteroatoms. The molecule has 0 fully saturated rings. The second kappa shape index (κ2) is 9.35. The van der Waals surface area contributed by atoms with Crippen LogP contribution in [0.15, 0.2) is 64.5 Å². The largest absolute Gasteiger partial charge is 0.222 e. The first-order valence-corrected chi connectivity index (χ1v) is 15.7. The molecule has 0 amide bonds. The first-order chi connectivity index (χ1) is 18.7. The Balaban J connectivity index is 1.76. The van der Waals surface area contributed by atoms with Crippen molar-refractivity contribution < 1.29 is 4.57 Å². The minimum Gasteiger partial charge on any atom is -0.200 e. The van der Waals surface area contributed by atoms with Crippen molar-refractivity contribution in [1.29, 1.82) is 0 Å². The van der Waals surface area contributed by atoms with E-state index in [0.29, 0.717) is 5.92 Å². The first-order valence-electron chi connectivity index (χ1n) is 14.9. The summed E-state index contributed by atoms with van der Waals surface area (Å²) in [6.45, 7) is 21.1. The highest BCUT2D eigenvalue weighted by molar-refractivity contribution is 8.00. The van der Waals surface area contributed by atoms with Gasteiger partial charge in [-0.25, -0.2) is 4.57 Å². The lowest BCUT2D eigenvalue weighted by Crippen LogP contribution is -2.32. The SMILES string of the molecule is Cc1c2c(c(CC(C)C)c3ccc(CC(C)(C)C)cc13)Sc1cc3cccc(C(C)(C)C)c3c3cc[n+](C)c-2c13. The molecular weight excluding hydrogens is 502 g/mol. The van der Waals surface area contributed by atoms with Crippen molar-refractivity contribution >= 4 is 44.1 Å². The van der Waals surface area contributed by atoms with E-state index in [2.05, 4.69) is 129 Å². The fourth-order valence-corrected chi connectivity index (χ4v) is 8.28. The number of benzene rings is 4. The van der Waals surface area contributed by atoms with E-state index < -0.39 is 0 Å². The highest BCUT2D eigenvalue weighted by Crippen LogP contribution is 2.53. The van der Waals surface area contributed by atoms with Gasteiger partial charge in [-0.1, -0.05) is 104 Å². The van der Waals surface area contributed by atoms with Crippen molar-refractivity contribution in [2.75, 3.05) is 0 Å². The Hall–Kier alpha value is -2.84. The van der Waals surface area contributed by atoms with Crippen molar-refractivity contribution in [3.63, 3.8) is 0 Å². The van der Waals surface area contributed by atoms with Gasteiger partial charge in [0.15, 0.2) is 6.20 Å². The standard InChI is InChI=1S/C38H44NS/c1-22(2)18-29-26-15-14-24(21-37(4,5)6)19-28(26)23(3)32-35-34-27(16-17-39(35)10)33-25(20-31(34)40-36(29)32)12-11-13-30(33)38(7,8)9/h11-17,19-20,22H,18,21H2,1-10H3/q+1. The molecule has 0 radical (unpaired) electrons. The van der Waals surface area contributed by atoms with E-state index >= 15 is 0 Å². The second-order valence-corrected chi connectivity index (χ2v) is 15.8. The lowest BCUT2D eigenvalue weighted by molar-refractivity contribution is -0.659. The number of hydrogen-bond donors (Lipinski definition) is 0. The summed E-state index contributed by atoms with van der Waals surface area (Å²) in [5.74, 6) is 0.585. The van der Waals surface area contributed by atoms with E-state index in [1.54, 1.807) is 0 Å². The van der Waals surface area contributed by atoms with Crippen LogP contribution in [0.4, 0.5) is 0 Å². The monoisotopic (exact) mass is 546 g/mol. The van der Waals surface area contributed by atoms with Gasteiger partial charge < -0.3 is 0 Å². The highest BCUT2D eigenvalue weighted by atomic mass is 32.2. The number of pyridine rings is 1. The van der Waals surface area contributed by atoms with Crippen LogP contribution in [0.5, 0.6) is 0 Å². The molecule has 0 unspecified atom stereocenters. The summed E-state index contributed by atoms with van der Waals surface area (Å²) < 4.78 is 2.38. The Kier molecular flexibility index (Phi) is 6.39. The molecule has 0 bridgehead atoms. The molecule has 5 aromatic rings. The van der Waals surface area contributed by atoms with Crippen LogP contribution >= 0.6 is 11.8 Å². The molecule has 1 aliphatic heterocycles. The van der Waals surface area contributed by atoms with Crippen LogP contribution in [0.3, 0.4) is 0 Å². The van der Waals surface area contributed by atoms with Gasteiger partial charge in [0.25, 0.3) is 0 Å². The van der Waals surface area contributed by atoms with Crippen LogP contribution in [0, 0.1) is 18.3 Å². The second-order valence-electron chi connectivity index (χ2n) is 14.7. The smallest absolute Gasteiger partial charge is 0.200 e. The average molecular weight is 547 g/mol. The number of hydrogen-bond acceptors (Lipinski definition) is 1. The maximum atomic E-state index is 2.50. The van der Waals surface area contributed by atoms with Crippen molar-refractivity contribution in [1.82, 2.24) is 0 Å². The Morgan fingerprint density at radius 1 is 0.850 bits per heavy atom. The molecular formula is C38H44NS+. The van der Waals surface area contributed by atoms with Crippen LogP contribution in [-0.4, -0.2) is 0 Å². The van der Waals surface area contributed by atoms with Gasteiger partial charge in [0.2, 0.25) is 5.69 Å². The fourth-order valence-electron chi connectivity index (χ4n) is 6.90. The molecule has 0 saturated carbocycles. The molecule has 40 heavy (non-hydrogen) atoms. The molecule has 1 aromatic heterocycles. The quantitative estimate of drug-likeness (QED) is 0.158. The fraction of sp³-hybridized carbons (Fsp3) is 0.395. The molecule has 0 atom stereocenters. The van der Waals surface area contributed by atoms with E-state index in [4.69, 9.17) is 0 Å². The zero-order valence-electron chi connectivity index (χ0n) is 26.0. The van der Waals surface area contributed by atoms with Gasteiger partial charge in [0, 0.05) is 21.2 Å². The molecule has 0 saturated heterocycles. The molecule has 0 aliphatic carbocycles. The van der Waals surface area contributed by atoms with E-state index in [1.807, 2.05) is 11.8 Å². The van der Waals surface area contributed by atoms with Gasteiger partial charge in [0.1, 0.15) is 7.05 Å². The van der Waals surface area contributed by atoms with Crippen molar-refractivity contribution in [3.05, 3.63) is 77.0 Å². The van der Waals surface area contributed by atoms with E-state index in [0.717, 1.165) is 12.8 Å². The third-order valence-electron chi connectivity index (χ3n) is 8.52. The molecule has 206 valence electrons. The Morgan fingerprint density at radius 2 is 1.60 bits per heavy atom. The van der Waals surface area contributed by atoms with Crippen LogP contribution in [-0.2, 0) is 25.3 Å². The topological polar surface area (TPSA) is 3.88 Å². The summed E-state index contributed by atoms with van der Waals surface area (Å²) in [4.78, 5) is 2.85. The molecule has 0 spiro atoms. The Bertz CT molecular complexity index is 1830. The molecule has 1 aliphatic rings. The predicted octanol–water partition coefficient (Wildman–Crippen LogP) is 10.5. The predicted molar refractivity (Wildman–Crippen MR) is 175 cm³/mol. The summed E-state index contributed by atoms with van der Waals surface area (Å²) in [6, 6.07) is 19.0. The molecule has 0 N–H and O–H groups in total. The third kappa shape index (κ3) is 4.44. The third-order valence-corrected chi connectivity index (χ3v) is 9.71. The van der Waals surface area contributed by atoms with E-state index in [-0.39, 0.29) is 10.8 Å². The summed E-state index contributed by atoms with van der Waals surface area (Å²) in [6.07, 6.45) is 4.46. The van der Waals surface area contributed by atoms with Gasteiger partial charge in [-0.3, -0.25) is 0 Å². The zero-order valence-corrected chi connectivity index (χ0v) is 26.9. The van der Waals surface area contributed by atoms with Crippen LogP contribution < -0.4 is 4.57 Å². The van der Waals surface area contributed by atoms with Gasteiger partial charge in [0.05, 0.1) is 10.9 Å². The normalized spacial score (nSPS) is 13.6. The average Bonchev–Trinajstić information content (AvgIpc) is 2.85. The number of aryl methyl sites for hydroxylation is 2. The van der Waals surface area contributed by atoms with Gasteiger partial charge in [-0.2, -0.15) is 0 Å². The molecule has 2 heterocycles. The van der Waals surface area contributed by atoms with Crippen molar-refractivity contribution in [2.45, 2.75) is 90.4 Å². The number of nitrogens with zero attached hydrogens (tertiary/aromatic N) is 1. The zero-order chi connectivity index (χ0) is 28.7. The van der Waals surface area contributed by atoms with Crippen molar-refractivity contribution in [3.8, 4) is 11.3 Å². The number of fused-ring (bicyclic) bond motifs is 5. The van der Waals surface area contributed by atoms with Gasteiger partial charge >= 0.3 is 0 Å². The first kappa shape index (κ1) is 27.3. The van der Waals surface area contributed by atoms with Crippen LogP contribution in [0.2, 0.25) is 0 Å². The maximum Gasteiger partial charge on any atom is 0.222 e. The Labute approximate surface area is 245 Å². The number of rotatable bonds is 3. The summed E-state index contributed by atoms with van der Waals surface area (Å²) in [7, 11) is 2.24. The lowest BCUT2D eigenvalue weighted by atomic mass is 9.81. The minimum atomic E-state index is 0.0708. The molecule has 4 aromatic carbocycles. The number of aromatic nitrogens is 1. The lowest BCUT2D eigenvalue weighted by Gasteiger charge is -2.28. The van der Waals surface area contributed by atoms with Crippen LogP contribution in [0.25, 0.3) is 43.6 Å². The Morgan fingerprint density at radius 3 is 2.27 bits per heavy atom. The maximum absolute atomic E-state index is 2.50. The highest BCUT2D eigenvalue weighted by Gasteiger charge is 2.33. The summed E-state index contributed by atoms with van der Waals surface area (Å²) in [5, 5.41) is 8.41. The van der Waals surface area contributed by atoms with Gasteiger partial charge in [-0.05, 0) is 86.4 Å².